The molecule has 0 N–H and O–H groups in total. The molecule has 5 nitrogen and oxygen atoms in total. The Morgan fingerprint density at radius 1 is 1.45 bits per heavy atom. The second-order valence-electron chi connectivity index (χ2n) is 4.04. The van der Waals surface area contributed by atoms with Crippen LogP contribution in [0.25, 0.3) is 0 Å². The summed E-state index contributed by atoms with van der Waals surface area (Å²) in [6.07, 6.45) is 2.87. The number of rotatable bonds is 6. The first-order valence-corrected chi connectivity index (χ1v) is 8.41. The van der Waals surface area contributed by atoms with Gasteiger partial charge >= 0.3 is 5.97 Å². The minimum Gasteiger partial charge on any atom is -0.333 e. The maximum atomic E-state index is 11.6. The lowest BCUT2D eigenvalue weighted by Crippen LogP contribution is -2.27. The van der Waals surface area contributed by atoms with Crippen LogP contribution in [0, 0.1) is 0 Å². The van der Waals surface area contributed by atoms with Gasteiger partial charge in [0.05, 0.1) is 12.1 Å². The smallest absolute Gasteiger partial charge is 0.333 e. The highest BCUT2D eigenvalue weighted by Gasteiger charge is 2.27. The minimum absolute atomic E-state index is 0.209. The zero-order valence-electron chi connectivity index (χ0n) is 10.8. The molecule has 1 saturated heterocycles. The van der Waals surface area contributed by atoms with Gasteiger partial charge in [0.15, 0.2) is 0 Å². The Bertz CT molecular complexity index is 492. The number of carbonyl (C=O) groups excluding carboxylic acids is 2. The second-order valence-corrected chi connectivity index (χ2v) is 6.48. The van der Waals surface area contributed by atoms with Gasteiger partial charge in [0.2, 0.25) is 0 Å². The lowest BCUT2D eigenvalue weighted by atomic mass is 10.3. The summed E-state index contributed by atoms with van der Waals surface area (Å²) >= 11 is 0. The van der Waals surface area contributed by atoms with Gasteiger partial charge < -0.3 is 4.84 Å². The fraction of sp³-hybridized carbons (Fsp3) is 0.308. The average Bonchev–Trinajstić information content (AvgIpc) is 2.77. The van der Waals surface area contributed by atoms with E-state index in [1.165, 1.54) is 21.6 Å². The van der Waals surface area contributed by atoms with Crippen LogP contribution in [-0.2, 0) is 14.4 Å². The summed E-state index contributed by atoms with van der Waals surface area (Å²) in [5.74, 6) is -0.0384. The molecule has 20 heavy (non-hydrogen) atoms. The number of allylic oxidation sites excluding steroid dienone is 1. The molecule has 2 heterocycles. The molecular formula is C13H14N2O3S2. The fourth-order valence-corrected chi connectivity index (χ4v) is 3.37. The van der Waals surface area contributed by atoms with Crippen LogP contribution in [0.15, 0.2) is 41.7 Å². The summed E-state index contributed by atoms with van der Waals surface area (Å²) in [5.41, 5.74) is 0.541. The van der Waals surface area contributed by atoms with E-state index in [4.69, 9.17) is 4.84 Å². The van der Waals surface area contributed by atoms with Gasteiger partial charge in [-0.3, -0.25) is 4.79 Å². The summed E-state index contributed by atoms with van der Waals surface area (Å²) in [6.45, 7) is 3.69. The van der Waals surface area contributed by atoms with Crippen LogP contribution in [0.2, 0.25) is 0 Å². The summed E-state index contributed by atoms with van der Waals surface area (Å²) < 4.78 is 0. The Morgan fingerprint density at radius 3 is 2.95 bits per heavy atom. The van der Waals surface area contributed by atoms with Crippen molar-refractivity contribution in [1.82, 2.24) is 10.0 Å². The Labute approximate surface area is 125 Å². The van der Waals surface area contributed by atoms with E-state index < -0.39 is 5.97 Å². The quantitative estimate of drug-likeness (QED) is 0.595. The predicted molar refractivity (Wildman–Crippen MR) is 78.5 cm³/mol. The van der Waals surface area contributed by atoms with Crippen molar-refractivity contribution in [2.45, 2.75) is 24.3 Å². The number of aromatic nitrogens is 1. The maximum absolute atomic E-state index is 11.6. The van der Waals surface area contributed by atoms with Crippen LogP contribution < -0.4 is 0 Å². The zero-order chi connectivity index (χ0) is 14.4. The van der Waals surface area contributed by atoms with E-state index in [0.29, 0.717) is 24.3 Å². The molecule has 1 aliphatic heterocycles. The van der Waals surface area contributed by atoms with Crippen LogP contribution in [0.4, 0.5) is 0 Å². The number of hydrogen-bond donors (Lipinski definition) is 0. The standard InChI is InChI=1S/C13H14N2O3S2/c1-10-5-6-12(16)15(10)18-13(17)7-9-19-20-11-4-2-3-8-14-11/h2-4,8H,1,5-7,9H2. The first-order chi connectivity index (χ1) is 9.66. The number of carbonyl (C=O) groups is 2. The van der Waals surface area contributed by atoms with Gasteiger partial charge in [0, 0.05) is 18.4 Å². The van der Waals surface area contributed by atoms with Crippen molar-refractivity contribution in [1.29, 1.82) is 0 Å². The topological polar surface area (TPSA) is 59.5 Å². The van der Waals surface area contributed by atoms with Crippen LogP contribution in [0.5, 0.6) is 0 Å². The van der Waals surface area contributed by atoms with Crippen molar-refractivity contribution in [2.75, 3.05) is 5.75 Å². The molecule has 7 heteroatoms. The molecule has 1 fully saturated rings. The van der Waals surface area contributed by atoms with Crippen LogP contribution in [0.3, 0.4) is 0 Å². The van der Waals surface area contributed by atoms with Gasteiger partial charge in [0.25, 0.3) is 5.91 Å². The highest BCUT2D eigenvalue weighted by Crippen LogP contribution is 2.29. The molecule has 1 aromatic rings. The minimum atomic E-state index is -0.421. The van der Waals surface area contributed by atoms with E-state index in [0.717, 1.165) is 10.1 Å². The molecule has 1 aromatic heterocycles. The van der Waals surface area contributed by atoms with Crippen molar-refractivity contribution in [2.24, 2.45) is 0 Å². The van der Waals surface area contributed by atoms with E-state index in [-0.39, 0.29) is 12.3 Å². The fourth-order valence-electron chi connectivity index (χ4n) is 1.52. The molecule has 0 aliphatic carbocycles. The highest BCUT2D eigenvalue weighted by molar-refractivity contribution is 8.76. The van der Waals surface area contributed by atoms with Crippen molar-refractivity contribution in [3.63, 3.8) is 0 Å². The van der Waals surface area contributed by atoms with Gasteiger partial charge in [-0.05, 0) is 29.3 Å². The first kappa shape index (κ1) is 14.9. The summed E-state index contributed by atoms with van der Waals surface area (Å²) in [6, 6.07) is 5.67. The van der Waals surface area contributed by atoms with E-state index in [1.807, 2.05) is 18.2 Å². The summed E-state index contributed by atoms with van der Waals surface area (Å²) in [5, 5.41) is 1.91. The van der Waals surface area contributed by atoms with E-state index in [1.54, 1.807) is 6.20 Å². The van der Waals surface area contributed by atoms with E-state index in [2.05, 4.69) is 11.6 Å². The number of amides is 1. The van der Waals surface area contributed by atoms with Gasteiger partial charge in [-0.1, -0.05) is 23.4 Å². The van der Waals surface area contributed by atoms with Crippen LogP contribution >= 0.6 is 21.6 Å². The number of hydroxylamine groups is 2. The van der Waals surface area contributed by atoms with Crippen molar-refractivity contribution >= 4 is 33.5 Å². The van der Waals surface area contributed by atoms with E-state index >= 15 is 0 Å². The average molecular weight is 310 g/mol. The molecule has 1 amide bonds. The Balaban J connectivity index is 1.65. The molecule has 1 aliphatic rings. The number of nitrogens with zero attached hydrogens (tertiary/aromatic N) is 2. The number of pyridine rings is 1. The van der Waals surface area contributed by atoms with Crippen LogP contribution in [0.1, 0.15) is 19.3 Å². The monoisotopic (exact) mass is 310 g/mol. The lowest BCUT2D eigenvalue weighted by Gasteiger charge is -2.15. The molecule has 0 aromatic carbocycles. The Morgan fingerprint density at radius 2 is 2.30 bits per heavy atom. The Kier molecular flexibility index (Phi) is 5.49. The molecule has 0 spiro atoms. The zero-order valence-corrected chi connectivity index (χ0v) is 12.4. The third-order valence-corrected chi connectivity index (χ3v) is 4.77. The maximum Gasteiger partial charge on any atom is 0.333 e. The van der Waals surface area contributed by atoms with Crippen LogP contribution in [-0.4, -0.2) is 27.7 Å². The van der Waals surface area contributed by atoms with E-state index in [9.17, 15) is 9.59 Å². The molecule has 0 saturated carbocycles. The molecular weight excluding hydrogens is 296 g/mol. The SMILES string of the molecule is C=C1CCC(=O)N1OC(=O)CCSSc1ccccn1. The highest BCUT2D eigenvalue weighted by atomic mass is 33.1. The van der Waals surface area contributed by atoms with Gasteiger partial charge in [-0.25, -0.2) is 9.78 Å². The molecule has 106 valence electrons. The molecule has 0 atom stereocenters. The Hall–Kier alpha value is -1.47. The molecule has 0 unspecified atom stereocenters. The van der Waals surface area contributed by atoms with Gasteiger partial charge in [-0.15, -0.1) is 5.06 Å². The first-order valence-electron chi connectivity index (χ1n) is 6.09. The molecule has 0 radical (unpaired) electrons. The largest absolute Gasteiger partial charge is 0.333 e. The third-order valence-electron chi connectivity index (χ3n) is 2.51. The van der Waals surface area contributed by atoms with Crippen molar-refractivity contribution in [3.8, 4) is 0 Å². The van der Waals surface area contributed by atoms with Gasteiger partial charge in [0.1, 0.15) is 5.03 Å². The van der Waals surface area contributed by atoms with Crippen molar-refractivity contribution < 1.29 is 14.4 Å². The number of hydrogen-bond acceptors (Lipinski definition) is 6. The normalized spacial score (nSPS) is 14.7. The van der Waals surface area contributed by atoms with Crippen molar-refractivity contribution in [3.05, 3.63) is 36.7 Å². The summed E-state index contributed by atoms with van der Waals surface area (Å²) in [4.78, 5) is 32.2. The lowest BCUT2D eigenvalue weighted by molar-refractivity contribution is -0.186. The van der Waals surface area contributed by atoms with Gasteiger partial charge in [-0.2, -0.15) is 0 Å². The predicted octanol–water partition coefficient (Wildman–Crippen LogP) is 2.81. The second kappa shape index (κ2) is 7.35. The molecule has 0 bridgehead atoms. The molecule has 2 rings (SSSR count). The third kappa shape index (κ3) is 4.28. The summed E-state index contributed by atoms with van der Waals surface area (Å²) in [7, 11) is 3.03.